The number of likely N-dealkylation sites (tertiary alicyclic amines) is 1. The fourth-order valence-electron chi connectivity index (χ4n) is 3.47. The molecule has 0 spiro atoms. The van der Waals surface area contributed by atoms with Gasteiger partial charge in [-0.25, -0.2) is 9.18 Å². The van der Waals surface area contributed by atoms with Gasteiger partial charge in [-0.05, 0) is 49.3 Å². The van der Waals surface area contributed by atoms with E-state index in [2.05, 4.69) is 5.32 Å². The quantitative estimate of drug-likeness (QED) is 0.898. The van der Waals surface area contributed by atoms with Crippen LogP contribution in [0.3, 0.4) is 0 Å². The Bertz CT molecular complexity index is 507. The molecule has 0 bridgehead atoms. The minimum Gasteiger partial charge on any atom is -0.351 e. The monoisotopic (exact) mass is 305 g/mol. The normalized spacial score (nSPS) is 21.4. The van der Waals surface area contributed by atoms with Crippen molar-refractivity contribution in [3.63, 3.8) is 0 Å². The predicted molar refractivity (Wildman–Crippen MR) is 83.8 cm³/mol. The van der Waals surface area contributed by atoms with Crippen molar-refractivity contribution in [1.29, 1.82) is 0 Å². The summed E-state index contributed by atoms with van der Waals surface area (Å²) in [5.74, 6) is 0.450. The van der Waals surface area contributed by atoms with Crippen molar-refractivity contribution < 1.29 is 9.18 Å². The van der Waals surface area contributed by atoms with Gasteiger partial charge in [0.1, 0.15) is 5.82 Å². The second-order valence-corrected chi connectivity index (χ2v) is 6.49. The Kier molecular flexibility index (Phi) is 4.62. The molecule has 2 fully saturated rings. The number of hydrogen-bond acceptors (Lipinski definition) is 2. The minimum absolute atomic E-state index is 0.189. The van der Waals surface area contributed by atoms with Crippen LogP contribution in [-0.2, 0) is 0 Å². The fourth-order valence-corrected chi connectivity index (χ4v) is 3.47. The van der Waals surface area contributed by atoms with Gasteiger partial charge in [0, 0.05) is 25.2 Å². The van der Waals surface area contributed by atoms with E-state index in [1.807, 2.05) is 12.1 Å². The molecule has 0 radical (unpaired) electrons. The number of carbonyl (C=O) groups is 1. The Morgan fingerprint density at radius 1 is 1.18 bits per heavy atom. The zero-order valence-electron chi connectivity index (χ0n) is 12.8. The summed E-state index contributed by atoms with van der Waals surface area (Å²) in [4.78, 5) is 12.9. The number of nitrogens with one attached hydrogen (secondary N) is 1. The molecule has 1 heterocycles. The van der Waals surface area contributed by atoms with E-state index in [1.54, 1.807) is 17.0 Å². The van der Waals surface area contributed by atoms with Gasteiger partial charge < -0.3 is 16.0 Å². The molecule has 0 aromatic heterocycles. The average molecular weight is 305 g/mol. The van der Waals surface area contributed by atoms with E-state index in [0.717, 1.165) is 12.8 Å². The van der Waals surface area contributed by atoms with Gasteiger partial charge in [-0.3, -0.25) is 0 Å². The summed E-state index contributed by atoms with van der Waals surface area (Å²) >= 11 is 0. The molecule has 2 aliphatic rings. The van der Waals surface area contributed by atoms with Crippen molar-refractivity contribution in [2.45, 2.75) is 44.2 Å². The zero-order valence-corrected chi connectivity index (χ0v) is 12.8. The molecule has 3 N–H and O–H groups in total. The standard InChI is InChI=1S/C17H24FN3O/c18-14-6-4-13(5-7-14)16(12-2-1-3-12)20-15-8-10-21(11-9-15)17(19)22/h4-7,12,15-16,20H,1-3,8-11H2,(H2,19,22)/t16-/m0/s1. The van der Waals surface area contributed by atoms with Crippen molar-refractivity contribution >= 4 is 6.03 Å². The molecule has 4 nitrogen and oxygen atoms in total. The highest BCUT2D eigenvalue weighted by Gasteiger charge is 2.31. The molecule has 5 heteroatoms. The van der Waals surface area contributed by atoms with Gasteiger partial charge in [-0.2, -0.15) is 0 Å². The lowest BCUT2D eigenvalue weighted by molar-refractivity contribution is 0.164. The van der Waals surface area contributed by atoms with E-state index in [9.17, 15) is 9.18 Å². The number of nitrogens with zero attached hydrogens (tertiary/aromatic N) is 1. The predicted octanol–water partition coefficient (Wildman–Crippen LogP) is 2.80. The van der Waals surface area contributed by atoms with E-state index in [0.29, 0.717) is 31.1 Å². The van der Waals surface area contributed by atoms with Crippen molar-refractivity contribution in [1.82, 2.24) is 10.2 Å². The number of carbonyl (C=O) groups excluding carboxylic acids is 1. The maximum atomic E-state index is 13.2. The summed E-state index contributed by atoms with van der Waals surface area (Å²) in [5, 5.41) is 3.75. The highest BCUT2D eigenvalue weighted by Crippen LogP contribution is 2.38. The van der Waals surface area contributed by atoms with Crippen molar-refractivity contribution in [3.05, 3.63) is 35.6 Å². The molecule has 1 aliphatic carbocycles. The van der Waals surface area contributed by atoms with E-state index < -0.39 is 0 Å². The van der Waals surface area contributed by atoms with Crippen molar-refractivity contribution in [3.8, 4) is 0 Å². The molecule has 1 aromatic carbocycles. The van der Waals surface area contributed by atoms with E-state index in [1.165, 1.54) is 24.8 Å². The lowest BCUT2D eigenvalue weighted by Crippen LogP contribution is -2.48. The van der Waals surface area contributed by atoms with Gasteiger partial charge in [0.05, 0.1) is 0 Å². The number of urea groups is 1. The van der Waals surface area contributed by atoms with Gasteiger partial charge >= 0.3 is 6.03 Å². The number of primary amides is 1. The average Bonchev–Trinajstić information content (AvgIpc) is 2.46. The van der Waals surface area contributed by atoms with Crippen LogP contribution in [0.1, 0.15) is 43.7 Å². The largest absolute Gasteiger partial charge is 0.351 e. The number of benzene rings is 1. The van der Waals surface area contributed by atoms with E-state index in [-0.39, 0.29) is 11.8 Å². The molecule has 1 aliphatic heterocycles. The molecule has 22 heavy (non-hydrogen) atoms. The van der Waals surface area contributed by atoms with Crippen LogP contribution in [-0.4, -0.2) is 30.1 Å². The summed E-state index contributed by atoms with van der Waals surface area (Å²) in [5.41, 5.74) is 6.50. The van der Waals surface area contributed by atoms with Gasteiger partial charge in [-0.15, -0.1) is 0 Å². The van der Waals surface area contributed by atoms with Crippen LogP contribution in [0.2, 0.25) is 0 Å². The van der Waals surface area contributed by atoms with Crippen LogP contribution < -0.4 is 11.1 Å². The molecule has 1 atom stereocenters. The van der Waals surface area contributed by atoms with Crippen LogP contribution in [0.5, 0.6) is 0 Å². The smallest absolute Gasteiger partial charge is 0.314 e. The van der Waals surface area contributed by atoms with Crippen LogP contribution in [0.4, 0.5) is 9.18 Å². The van der Waals surface area contributed by atoms with Gasteiger partial charge in [-0.1, -0.05) is 18.6 Å². The first kappa shape index (κ1) is 15.3. The lowest BCUT2D eigenvalue weighted by atomic mass is 9.76. The maximum absolute atomic E-state index is 13.2. The highest BCUT2D eigenvalue weighted by molar-refractivity contribution is 5.72. The molecule has 0 unspecified atom stereocenters. The molecule has 1 aromatic rings. The first-order chi connectivity index (χ1) is 10.6. The number of piperidine rings is 1. The third-order valence-corrected chi connectivity index (χ3v) is 5.07. The number of rotatable bonds is 4. The second-order valence-electron chi connectivity index (χ2n) is 6.49. The summed E-state index contributed by atoms with van der Waals surface area (Å²) in [6.45, 7) is 1.43. The fraction of sp³-hybridized carbons (Fsp3) is 0.588. The molecule has 1 saturated heterocycles. The van der Waals surface area contributed by atoms with Gasteiger partial charge in [0.2, 0.25) is 0 Å². The van der Waals surface area contributed by atoms with Crippen LogP contribution in [0.15, 0.2) is 24.3 Å². The summed E-state index contributed by atoms with van der Waals surface area (Å²) in [6, 6.07) is 7.23. The highest BCUT2D eigenvalue weighted by atomic mass is 19.1. The number of halogens is 1. The molecule has 120 valence electrons. The van der Waals surface area contributed by atoms with Gasteiger partial charge in [0.15, 0.2) is 0 Å². The van der Waals surface area contributed by atoms with Crippen molar-refractivity contribution in [2.75, 3.05) is 13.1 Å². The Labute approximate surface area is 130 Å². The molecular formula is C17H24FN3O. The van der Waals surface area contributed by atoms with E-state index in [4.69, 9.17) is 5.73 Å². The summed E-state index contributed by atoms with van der Waals surface area (Å²) in [7, 11) is 0. The zero-order chi connectivity index (χ0) is 15.5. The second kappa shape index (κ2) is 6.65. The van der Waals surface area contributed by atoms with Gasteiger partial charge in [0.25, 0.3) is 0 Å². The maximum Gasteiger partial charge on any atom is 0.314 e. The topological polar surface area (TPSA) is 58.4 Å². The molecular weight excluding hydrogens is 281 g/mol. The molecule has 2 amide bonds. The summed E-state index contributed by atoms with van der Waals surface area (Å²) in [6.07, 6.45) is 5.59. The lowest BCUT2D eigenvalue weighted by Gasteiger charge is -2.39. The number of nitrogens with two attached hydrogens (primary N) is 1. The first-order valence-electron chi connectivity index (χ1n) is 8.19. The molecule has 1 saturated carbocycles. The first-order valence-corrected chi connectivity index (χ1v) is 8.19. The van der Waals surface area contributed by atoms with E-state index >= 15 is 0 Å². The number of amides is 2. The Morgan fingerprint density at radius 2 is 1.82 bits per heavy atom. The number of hydrogen-bond donors (Lipinski definition) is 2. The third-order valence-electron chi connectivity index (χ3n) is 5.07. The van der Waals surface area contributed by atoms with Crippen LogP contribution in [0.25, 0.3) is 0 Å². The third kappa shape index (κ3) is 3.40. The minimum atomic E-state index is -0.326. The molecule has 3 rings (SSSR count). The Balaban J connectivity index is 1.64. The van der Waals surface area contributed by atoms with Crippen molar-refractivity contribution in [2.24, 2.45) is 11.7 Å². The SMILES string of the molecule is NC(=O)N1CCC(N[C@H](c2ccc(F)cc2)C2CCC2)CC1. The Morgan fingerprint density at radius 3 is 2.32 bits per heavy atom. The van der Waals surface area contributed by atoms with Crippen LogP contribution >= 0.6 is 0 Å². The summed E-state index contributed by atoms with van der Waals surface area (Å²) < 4.78 is 13.2. The Hall–Kier alpha value is -1.62. The van der Waals surface area contributed by atoms with Crippen LogP contribution in [0, 0.1) is 11.7 Å².